The number of rotatable bonds is 12. The molecule has 0 radical (unpaired) electrons. The molecular formula is C76H39Cl2F12N5O8. The first-order valence-corrected chi connectivity index (χ1v) is 31.2. The van der Waals surface area contributed by atoms with E-state index in [9.17, 15) is 71.9 Å². The van der Waals surface area contributed by atoms with E-state index in [-0.39, 0.29) is 122 Å². The normalized spacial score (nSPS) is 14.3. The second-order valence-corrected chi connectivity index (χ2v) is 23.8. The number of hydrogen-bond acceptors (Lipinski definition) is 11. The minimum absolute atomic E-state index is 0.00289. The highest BCUT2D eigenvalue weighted by Gasteiger charge is 2.40. The number of allylic oxidation sites excluding steroid dienone is 4. The fourth-order valence-corrected chi connectivity index (χ4v) is 12.4. The van der Waals surface area contributed by atoms with Crippen molar-refractivity contribution in [2.45, 2.75) is 24.7 Å². The Hall–Kier alpha value is -12.2. The Kier molecular flexibility index (Phi) is 17.2. The molecule has 8 aromatic carbocycles. The zero-order chi connectivity index (χ0) is 72.6. The number of nitrogens with one attached hydrogen (secondary N) is 1. The lowest BCUT2D eigenvalue weighted by Gasteiger charge is -2.24. The van der Waals surface area contributed by atoms with Crippen LogP contribution in [-0.2, 0) is 24.7 Å². The molecule has 4 aliphatic heterocycles. The molecule has 6 heterocycles. The predicted molar refractivity (Wildman–Crippen MR) is 354 cm³/mol. The number of carbonyl (C=O) groups excluding carboxylic acids is 4. The molecule has 2 aromatic heterocycles. The summed E-state index contributed by atoms with van der Waals surface area (Å²) < 4.78 is 194. The average Bonchev–Trinajstić information content (AvgIpc) is 1.56. The van der Waals surface area contributed by atoms with Crippen molar-refractivity contribution in [2.24, 2.45) is 9.98 Å². The van der Waals surface area contributed by atoms with Gasteiger partial charge in [-0.25, -0.2) is 44.0 Å². The van der Waals surface area contributed by atoms with Crippen LogP contribution in [0.1, 0.15) is 97.3 Å². The molecular weight excluding hydrogens is 1410 g/mol. The van der Waals surface area contributed by atoms with Gasteiger partial charge in [-0.1, -0.05) is 120 Å². The SMILES string of the molecule is O=C(Oc1ccccc1C(F)(F)F)c1ccc(C2=C3C=C(Cl)C(=N3)C(c3ccc(C(=O)Oc4ccccc4C(F)(F)F)cc3)=c3ccc4n3Nn3c2ccc3C(c2ccc(C(=O)Oc3ccccc3C(F)(F)F)cc2)=C2N=C(C=C2Cl)C=4c2ccc(C(=O)Oc3ccccc3C(F)(F)F)cc2)cc1. The molecule has 0 unspecified atom stereocenters. The first-order valence-electron chi connectivity index (χ1n) is 30.4. The van der Waals surface area contributed by atoms with Crippen LogP contribution >= 0.6 is 23.2 Å². The number of carbonyl (C=O) groups is 4. The molecule has 0 saturated carbocycles. The summed E-state index contributed by atoms with van der Waals surface area (Å²) in [6.07, 6.45) is -16.5. The fraction of sp³-hybridized carbons (Fsp3) is 0.0526. The van der Waals surface area contributed by atoms with Crippen molar-refractivity contribution >= 4 is 80.8 Å². The molecule has 13 nitrogen and oxygen atoms in total. The number of benzene rings is 8. The van der Waals surface area contributed by atoms with E-state index < -0.39 is 93.8 Å². The van der Waals surface area contributed by atoms with Gasteiger partial charge in [0.2, 0.25) is 0 Å². The molecule has 1 N–H and O–H groups in total. The Bertz CT molecular complexity index is 5570. The number of esters is 4. The lowest BCUT2D eigenvalue weighted by Crippen LogP contribution is -2.42. The molecule has 14 rings (SSSR count). The largest absolute Gasteiger partial charge is 0.422 e. The second kappa shape index (κ2) is 26.1. The van der Waals surface area contributed by atoms with E-state index in [1.165, 1.54) is 133 Å². The van der Waals surface area contributed by atoms with Crippen molar-refractivity contribution in [3.63, 3.8) is 0 Å². The van der Waals surface area contributed by atoms with Crippen LogP contribution in [0.2, 0.25) is 0 Å². The van der Waals surface area contributed by atoms with Crippen LogP contribution in [0.3, 0.4) is 0 Å². The molecule has 514 valence electrons. The van der Waals surface area contributed by atoms with Crippen LogP contribution in [0, 0.1) is 0 Å². The Morgan fingerprint density at radius 2 is 0.660 bits per heavy atom. The minimum atomic E-state index is -4.90. The molecule has 0 amide bonds. The van der Waals surface area contributed by atoms with Gasteiger partial charge in [0.1, 0.15) is 23.0 Å². The number of aromatic nitrogens is 2. The Morgan fingerprint density at radius 3 is 1.03 bits per heavy atom. The van der Waals surface area contributed by atoms with Crippen LogP contribution in [0.5, 0.6) is 23.0 Å². The van der Waals surface area contributed by atoms with Crippen LogP contribution in [0.25, 0.3) is 22.3 Å². The first-order chi connectivity index (χ1) is 49.1. The van der Waals surface area contributed by atoms with Gasteiger partial charge in [0, 0.05) is 22.3 Å². The number of halogens is 14. The van der Waals surface area contributed by atoms with Crippen LogP contribution in [0.15, 0.2) is 262 Å². The molecule has 4 aliphatic rings. The Balaban J connectivity index is 0.986. The van der Waals surface area contributed by atoms with Crippen molar-refractivity contribution < 1.29 is 90.8 Å². The lowest BCUT2D eigenvalue weighted by atomic mass is 9.99. The van der Waals surface area contributed by atoms with Gasteiger partial charge >= 0.3 is 48.6 Å². The van der Waals surface area contributed by atoms with E-state index in [1.54, 1.807) is 33.6 Å². The number of aliphatic imine (C=N–C) groups is 2. The summed E-state index contributed by atoms with van der Waals surface area (Å²) >= 11 is 14.8. The van der Waals surface area contributed by atoms with Crippen LogP contribution in [-0.4, -0.2) is 44.7 Å². The lowest BCUT2D eigenvalue weighted by molar-refractivity contribution is -0.139. The fourth-order valence-electron chi connectivity index (χ4n) is 11.9. The maximum Gasteiger partial charge on any atom is 0.419 e. The van der Waals surface area contributed by atoms with Gasteiger partial charge in [0.15, 0.2) is 0 Å². The molecule has 103 heavy (non-hydrogen) atoms. The predicted octanol–water partition coefficient (Wildman–Crippen LogP) is 17.3. The molecule has 0 fully saturated rings. The van der Waals surface area contributed by atoms with Crippen LogP contribution < -0.4 is 35.2 Å². The van der Waals surface area contributed by atoms with Crippen molar-refractivity contribution in [2.75, 3.05) is 5.53 Å². The topological polar surface area (TPSA) is 152 Å². The number of fused-ring (bicyclic) bond motifs is 2. The molecule has 0 saturated heterocycles. The maximum absolute atomic E-state index is 14.1. The third kappa shape index (κ3) is 13.1. The Labute approximate surface area is 582 Å². The summed E-state index contributed by atoms with van der Waals surface area (Å²) in [5, 5.41) is 0.484. The Morgan fingerprint density at radius 1 is 0.340 bits per heavy atom. The zero-order valence-corrected chi connectivity index (χ0v) is 53.3. The van der Waals surface area contributed by atoms with Crippen LogP contribution in [0.4, 0.5) is 52.7 Å². The molecule has 0 atom stereocenters. The standard InChI is InChI=1S/C76H39Cl2F12N5O8/c77-51-37-53-63(39-17-25-43(26-18-39)69(96)100-59-13-5-1-9-47(59)73(79,80)81)55-33-35-57-65(41-21-29-45(30-22-41)71(98)102-61-15-7-3-11-49(61)75(85,86)87)68-52(78)38-54(92-68)64(40-19-27-44(28-20-40)70(97)101-60-14-6-2-10-48(60)74(82,83)84)56-34-36-58(95(56)93-94(55)57)66(67(51)91-53)42-23-31-46(32-24-42)72(99)103-62-16-8-4-12-50(62)76(88,89)90/h1-38,93H. The molecule has 0 spiro atoms. The number of hydrogen-bond donors (Lipinski definition) is 1. The number of ether oxygens (including phenoxy) is 4. The minimum Gasteiger partial charge on any atom is -0.422 e. The third-order valence-corrected chi connectivity index (χ3v) is 17.2. The van der Waals surface area contributed by atoms with E-state index in [0.29, 0.717) is 0 Å². The van der Waals surface area contributed by atoms with Crippen molar-refractivity contribution in [3.8, 4) is 23.0 Å². The number of para-hydroxylation sites is 4. The van der Waals surface area contributed by atoms with E-state index in [4.69, 9.17) is 52.1 Å². The second-order valence-electron chi connectivity index (χ2n) is 23.0. The van der Waals surface area contributed by atoms with Gasteiger partial charge in [-0.2, -0.15) is 52.7 Å². The molecule has 27 heteroatoms. The molecule has 6 bridgehead atoms. The average molecular weight is 1450 g/mol. The molecule has 10 aromatic rings. The van der Waals surface area contributed by atoms with Gasteiger partial charge in [0.25, 0.3) is 0 Å². The maximum atomic E-state index is 14.1. The van der Waals surface area contributed by atoms with Crippen molar-refractivity contribution in [3.05, 3.63) is 341 Å². The van der Waals surface area contributed by atoms with Gasteiger partial charge in [-0.3, -0.25) is 0 Å². The van der Waals surface area contributed by atoms with E-state index in [1.807, 2.05) is 0 Å². The van der Waals surface area contributed by atoms with E-state index >= 15 is 0 Å². The zero-order valence-electron chi connectivity index (χ0n) is 51.8. The summed E-state index contributed by atoms with van der Waals surface area (Å²) in [7, 11) is 0. The summed E-state index contributed by atoms with van der Waals surface area (Å²) in [5.74, 6) is -7.70. The highest BCUT2D eigenvalue weighted by Crippen LogP contribution is 2.45. The summed E-state index contributed by atoms with van der Waals surface area (Å²) in [5.41, 5.74) is 0.854. The highest BCUT2D eigenvalue weighted by molar-refractivity contribution is 6.53. The summed E-state index contributed by atoms with van der Waals surface area (Å²) in [4.78, 5) is 65.5. The molecule has 0 aliphatic carbocycles. The summed E-state index contributed by atoms with van der Waals surface area (Å²) in [6.45, 7) is 0. The monoisotopic (exact) mass is 1450 g/mol. The van der Waals surface area contributed by atoms with E-state index in [0.717, 1.165) is 72.8 Å². The van der Waals surface area contributed by atoms with Gasteiger partial charge in [-0.05, 0) is 156 Å². The van der Waals surface area contributed by atoms with E-state index in [2.05, 4.69) is 5.53 Å². The number of alkyl halides is 12. The van der Waals surface area contributed by atoms with Crippen molar-refractivity contribution in [1.29, 1.82) is 0 Å². The number of nitrogens with zero attached hydrogens (tertiary/aromatic N) is 4. The quantitative estimate of drug-likeness (QED) is 0.0716. The third-order valence-electron chi connectivity index (χ3n) is 16.6. The van der Waals surface area contributed by atoms with Gasteiger partial charge in [0.05, 0.1) is 99.5 Å². The van der Waals surface area contributed by atoms with Gasteiger partial charge in [-0.15, -0.1) is 0 Å². The summed E-state index contributed by atoms with van der Waals surface area (Å²) in [6, 6.07) is 45.2. The first kappa shape index (κ1) is 67.9. The highest BCUT2D eigenvalue weighted by atomic mass is 35.5. The smallest absolute Gasteiger partial charge is 0.419 e. The van der Waals surface area contributed by atoms with Crippen molar-refractivity contribution in [1.82, 2.24) is 9.35 Å². The van der Waals surface area contributed by atoms with Gasteiger partial charge < -0.3 is 18.9 Å².